The van der Waals surface area contributed by atoms with Gasteiger partial charge in [0.25, 0.3) is 5.91 Å². The molecule has 2 fully saturated rings. The van der Waals surface area contributed by atoms with Gasteiger partial charge in [0.1, 0.15) is 5.88 Å². The third-order valence-electron chi connectivity index (χ3n) is 3.93. The normalized spacial score (nSPS) is 26.3. The topological polar surface area (TPSA) is 66.8 Å². The second-order valence-corrected chi connectivity index (χ2v) is 9.79. The van der Waals surface area contributed by atoms with Gasteiger partial charge >= 0.3 is 6.18 Å². The zero-order valence-electron chi connectivity index (χ0n) is 12.8. The monoisotopic (exact) mass is 446 g/mol. The fraction of sp³-hybridized carbons (Fsp3) is 0.429. The Labute approximate surface area is 161 Å². The first-order valence-corrected chi connectivity index (χ1v) is 10.8. The molecule has 1 aromatic rings. The number of carbonyl (C=O) groups excluding carboxylic acids is 1. The molecule has 2 aliphatic heterocycles. The van der Waals surface area contributed by atoms with E-state index in [4.69, 9.17) is 23.2 Å². The van der Waals surface area contributed by atoms with Crippen LogP contribution >= 0.6 is 35.0 Å². The smallest absolute Gasteiger partial charge is 0.314 e. The van der Waals surface area contributed by atoms with E-state index in [1.807, 2.05) is 0 Å². The quantitative estimate of drug-likeness (QED) is 0.652. The standard InChI is InChI=1S/C14H11Cl2F3N2O3S2/c15-4-12(22)20-13-21(10-5-26(23,24)6-11(10)25-13)9-3-7(14(17,18)19)1-2-8(9)16/h1-3,10-11H,4-6H2/t10-,11-/m0/s1. The van der Waals surface area contributed by atoms with Crippen molar-refractivity contribution in [3.8, 4) is 0 Å². The Balaban J connectivity index is 2.11. The minimum atomic E-state index is -4.60. The minimum Gasteiger partial charge on any atom is -0.314 e. The van der Waals surface area contributed by atoms with Crippen LogP contribution in [-0.4, -0.2) is 48.2 Å². The number of halogens is 5. The summed E-state index contributed by atoms with van der Waals surface area (Å²) in [6, 6.07) is 2.09. The molecule has 12 heteroatoms. The molecule has 26 heavy (non-hydrogen) atoms. The number of fused-ring (bicyclic) bond motifs is 1. The number of anilines is 1. The maximum atomic E-state index is 13.1. The molecule has 0 spiro atoms. The van der Waals surface area contributed by atoms with Crippen molar-refractivity contribution in [1.82, 2.24) is 0 Å². The van der Waals surface area contributed by atoms with Crippen LogP contribution in [-0.2, 0) is 20.8 Å². The largest absolute Gasteiger partial charge is 0.416 e. The number of hydrogen-bond acceptors (Lipinski definition) is 4. The zero-order valence-corrected chi connectivity index (χ0v) is 16.0. The number of nitrogens with zero attached hydrogens (tertiary/aromatic N) is 2. The van der Waals surface area contributed by atoms with Crippen molar-refractivity contribution in [2.75, 3.05) is 22.3 Å². The highest BCUT2D eigenvalue weighted by Gasteiger charge is 2.50. The first-order chi connectivity index (χ1) is 12.0. The Morgan fingerprint density at radius 1 is 1.35 bits per heavy atom. The summed E-state index contributed by atoms with van der Waals surface area (Å²) in [5.41, 5.74) is -0.978. The molecule has 3 rings (SSSR count). The molecular formula is C14H11Cl2F3N2O3S2. The van der Waals surface area contributed by atoms with Crippen LogP contribution in [0.25, 0.3) is 0 Å². The molecule has 0 aromatic heterocycles. The first-order valence-electron chi connectivity index (χ1n) is 7.22. The average Bonchev–Trinajstić information content (AvgIpc) is 2.97. The second-order valence-electron chi connectivity index (χ2n) is 5.76. The van der Waals surface area contributed by atoms with Crippen LogP contribution in [0.1, 0.15) is 5.56 Å². The molecule has 1 amide bonds. The maximum Gasteiger partial charge on any atom is 0.416 e. The van der Waals surface area contributed by atoms with Gasteiger partial charge in [-0.05, 0) is 18.2 Å². The second kappa shape index (κ2) is 6.88. The molecule has 2 heterocycles. The van der Waals surface area contributed by atoms with Gasteiger partial charge in [0.2, 0.25) is 0 Å². The summed E-state index contributed by atoms with van der Waals surface area (Å²) >= 11 is 12.6. The third kappa shape index (κ3) is 3.83. The number of carbonyl (C=O) groups is 1. The summed E-state index contributed by atoms with van der Waals surface area (Å²) in [6.07, 6.45) is -4.60. The highest BCUT2D eigenvalue weighted by molar-refractivity contribution is 8.16. The van der Waals surface area contributed by atoms with E-state index in [9.17, 15) is 26.4 Å². The first kappa shape index (κ1) is 19.8. The van der Waals surface area contributed by atoms with E-state index in [0.29, 0.717) is 0 Å². The van der Waals surface area contributed by atoms with Crippen molar-refractivity contribution < 1.29 is 26.4 Å². The summed E-state index contributed by atoms with van der Waals surface area (Å²) in [6.45, 7) is 0. The van der Waals surface area contributed by atoms with Crippen molar-refractivity contribution in [3.63, 3.8) is 0 Å². The van der Waals surface area contributed by atoms with Crippen LogP contribution in [0.15, 0.2) is 23.2 Å². The van der Waals surface area contributed by atoms with Gasteiger partial charge < -0.3 is 4.90 Å². The van der Waals surface area contributed by atoms with Crippen molar-refractivity contribution in [1.29, 1.82) is 0 Å². The number of aliphatic imine (C=N–C) groups is 1. The van der Waals surface area contributed by atoms with Gasteiger partial charge in [0.05, 0.1) is 33.8 Å². The van der Waals surface area contributed by atoms with Gasteiger partial charge in [-0.15, -0.1) is 11.6 Å². The minimum absolute atomic E-state index is 0.00503. The predicted octanol–water partition coefficient (Wildman–Crippen LogP) is 3.20. The number of benzene rings is 1. The summed E-state index contributed by atoms with van der Waals surface area (Å²) in [7, 11) is -3.35. The van der Waals surface area contributed by atoms with E-state index in [1.165, 1.54) is 4.90 Å². The van der Waals surface area contributed by atoms with Crippen molar-refractivity contribution in [2.45, 2.75) is 17.5 Å². The van der Waals surface area contributed by atoms with E-state index < -0.39 is 44.7 Å². The lowest BCUT2D eigenvalue weighted by Gasteiger charge is -2.26. The number of sulfone groups is 1. The molecule has 0 unspecified atom stereocenters. The van der Waals surface area contributed by atoms with Crippen LogP contribution in [0, 0.1) is 0 Å². The van der Waals surface area contributed by atoms with Crippen molar-refractivity contribution in [3.05, 3.63) is 28.8 Å². The zero-order chi connectivity index (χ0) is 19.3. The Kier molecular flexibility index (Phi) is 5.24. The number of amidine groups is 1. The lowest BCUT2D eigenvalue weighted by atomic mass is 10.1. The number of amides is 1. The average molecular weight is 447 g/mol. The molecule has 0 saturated carbocycles. The molecule has 2 aliphatic rings. The van der Waals surface area contributed by atoms with E-state index in [1.54, 1.807) is 0 Å². The summed E-state index contributed by atoms with van der Waals surface area (Å²) in [5, 5.41) is -0.358. The van der Waals surface area contributed by atoms with Crippen LogP contribution < -0.4 is 4.90 Å². The maximum absolute atomic E-state index is 13.1. The fourth-order valence-electron chi connectivity index (χ4n) is 2.86. The van der Waals surface area contributed by atoms with Gasteiger partial charge in [0.15, 0.2) is 15.0 Å². The molecule has 0 N–H and O–H groups in total. The Morgan fingerprint density at radius 2 is 2.04 bits per heavy atom. The number of rotatable bonds is 2. The van der Waals surface area contributed by atoms with E-state index in [2.05, 4.69) is 4.99 Å². The molecule has 2 atom stereocenters. The van der Waals surface area contributed by atoms with Crippen LogP contribution in [0.3, 0.4) is 0 Å². The molecule has 1 aromatic carbocycles. The third-order valence-corrected chi connectivity index (χ3v) is 7.69. The van der Waals surface area contributed by atoms with E-state index >= 15 is 0 Å². The predicted molar refractivity (Wildman–Crippen MR) is 95.9 cm³/mol. The van der Waals surface area contributed by atoms with Gasteiger partial charge in [-0.2, -0.15) is 18.2 Å². The van der Waals surface area contributed by atoms with Gasteiger partial charge in [0, 0.05) is 5.25 Å². The summed E-state index contributed by atoms with van der Waals surface area (Å²) in [5.74, 6) is -1.48. The Morgan fingerprint density at radius 3 is 2.65 bits per heavy atom. The van der Waals surface area contributed by atoms with Gasteiger partial charge in [-0.25, -0.2) is 8.42 Å². The van der Waals surface area contributed by atoms with E-state index in [0.717, 1.165) is 30.0 Å². The molecule has 0 bridgehead atoms. The number of alkyl halides is 4. The number of thioether (sulfide) groups is 1. The summed E-state index contributed by atoms with van der Waals surface area (Å²) in [4.78, 5) is 16.7. The lowest BCUT2D eigenvalue weighted by Crippen LogP contribution is -2.38. The highest BCUT2D eigenvalue weighted by Crippen LogP contribution is 2.44. The SMILES string of the molecule is O=C(CCl)N=C1S[C@H]2CS(=O)(=O)C[C@@H]2N1c1cc(C(F)(F)F)ccc1Cl. The molecule has 0 aliphatic carbocycles. The van der Waals surface area contributed by atoms with Crippen LogP contribution in [0.5, 0.6) is 0 Å². The highest BCUT2D eigenvalue weighted by atomic mass is 35.5. The van der Waals surface area contributed by atoms with Gasteiger partial charge in [-0.1, -0.05) is 23.4 Å². The lowest BCUT2D eigenvalue weighted by molar-refractivity contribution is -0.137. The Hall–Kier alpha value is -0.970. The molecule has 142 valence electrons. The summed E-state index contributed by atoms with van der Waals surface area (Å²) < 4.78 is 63.1. The molecule has 0 radical (unpaired) electrons. The van der Waals surface area contributed by atoms with Crippen LogP contribution in [0.4, 0.5) is 18.9 Å². The Bertz CT molecular complexity index is 890. The molecule has 5 nitrogen and oxygen atoms in total. The fourth-order valence-corrected chi connectivity index (χ4v) is 7.05. The van der Waals surface area contributed by atoms with Crippen LogP contribution in [0.2, 0.25) is 5.02 Å². The molecular weight excluding hydrogens is 436 g/mol. The number of hydrogen-bond donors (Lipinski definition) is 0. The van der Waals surface area contributed by atoms with E-state index in [-0.39, 0.29) is 27.4 Å². The molecule has 2 saturated heterocycles. The van der Waals surface area contributed by atoms with Gasteiger partial charge in [-0.3, -0.25) is 4.79 Å². The van der Waals surface area contributed by atoms with Crippen molar-refractivity contribution in [2.24, 2.45) is 4.99 Å². The van der Waals surface area contributed by atoms with Crippen molar-refractivity contribution >= 4 is 61.6 Å².